The minimum atomic E-state index is 0.214. The lowest BCUT2D eigenvalue weighted by Gasteiger charge is -2.54. The van der Waals surface area contributed by atoms with Gasteiger partial charge in [-0.05, 0) is 37.1 Å². The highest BCUT2D eigenvalue weighted by Gasteiger charge is 2.45. The van der Waals surface area contributed by atoms with E-state index in [-0.39, 0.29) is 5.91 Å². The van der Waals surface area contributed by atoms with Crippen LogP contribution in [0.15, 0.2) is 24.3 Å². The van der Waals surface area contributed by atoms with Crippen molar-refractivity contribution in [2.45, 2.75) is 19.8 Å². The van der Waals surface area contributed by atoms with E-state index in [4.69, 9.17) is 5.73 Å². The number of anilines is 2. The van der Waals surface area contributed by atoms with Crippen LogP contribution < -0.4 is 10.6 Å². The molecule has 1 amide bonds. The maximum absolute atomic E-state index is 11.3. The monoisotopic (exact) mass is 259 g/mol. The van der Waals surface area contributed by atoms with Gasteiger partial charge in [0.1, 0.15) is 0 Å². The molecule has 2 saturated heterocycles. The summed E-state index contributed by atoms with van der Waals surface area (Å²) in [4.78, 5) is 15.6. The van der Waals surface area contributed by atoms with Crippen molar-refractivity contribution < 1.29 is 4.79 Å². The summed E-state index contributed by atoms with van der Waals surface area (Å²) in [7, 11) is 0. The van der Waals surface area contributed by atoms with Gasteiger partial charge in [-0.15, -0.1) is 0 Å². The summed E-state index contributed by atoms with van der Waals surface area (Å²) in [5, 5.41) is 0. The molecule has 0 aliphatic carbocycles. The maximum Gasteiger partial charge on any atom is 0.219 e. The molecule has 4 heteroatoms. The van der Waals surface area contributed by atoms with Gasteiger partial charge in [-0.3, -0.25) is 4.79 Å². The van der Waals surface area contributed by atoms with Gasteiger partial charge in [-0.25, -0.2) is 0 Å². The fourth-order valence-corrected chi connectivity index (χ4v) is 3.23. The Hall–Kier alpha value is -1.71. The molecular weight excluding hydrogens is 238 g/mol. The molecule has 2 N–H and O–H groups in total. The quantitative estimate of drug-likeness (QED) is 0.781. The topological polar surface area (TPSA) is 49.6 Å². The van der Waals surface area contributed by atoms with E-state index in [9.17, 15) is 4.79 Å². The molecule has 1 spiro atoms. The molecule has 1 aromatic carbocycles. The van der Waals surface area contributed by atoms with Crippen LogP contribution >= 0.6 is 0 Å². The molecule has 0 radical (unpaired) electrons. The summed E-state index contributed by atoms with van der Waals surface area (Å²) >= 11 is 0. The van der Waals surface area contributed by atoms with Gasteiger partial charge in [-0.2, -0.15) is 0 Å². The molecule has 19 heavy (non-hydrogen) atoms. The zero-order valence-corrected chi connectivity index (χ0v) is 11.4. The van der Waals surface area contributed by atoms with Crippen LogP contribution in [0, 0.1) is 5.41 Å². The number of carbonyl (C=O) groups is 1. The Morgan fingerprint density at radius 1 is 1.16 bits per heavy atom. The Bertz CT molecular complexity index is 467. The number of nitrogens with zero attached hydrogens (tertiary/aromatic N) is 2. The predicted molar refractivity (Wildman–Crippen MR) is 77.0 cm³/mol. The molecular formula is C15H21N3O. The second-order valence-electron chi connectivity index (χ2n) is 5.95. The Morgan fingerprint density at radius 2 is 1.74 bits per heavy atom. The number of likely N-dealkylation sites (tertiary alicyclic amines) is 1. The SMILES string of the molecule is CC(=O)N1CC2(CCN(c3ccc(N)cc3)CC2)C1. The van der Waals surface area contributed by atoms with E-state index < -0.39 is 0 Å². The molecule has 1 aromatic rings. The average molecular weight is 259 g/mol. The summed E-state index contributed by atoms with van der Waals surface area (Å²) in [5.74, 6) is 0.214. The molecule has 4 nitrogen and oxygen atoms in total. The molecule has 2 aliphatic heterocycles. The summed E-state index contributed by atoms with van der Waals surface area (Å²) in [6.07, 6.45) is 2.36. The van der Waals surface area contributed by atoms with E-state index >= 15 is 0 Å². The molecule has 0 unspecified atom stereocenters. The molecule has 0 atom stereocenters. The summed E-state index contributed by atoms with van der Waals surface area (Å²) in [6, 6.07) is 8.10. The average Bonchev–Trinajstić information content (AvgIpc) is 2.37. The Labute approximate surface area is 114 Å². The largest absolute Gasteiger partial charge is 0.399 e. The van der Waals surface area contributed by atoms with E-state index in [0.717, 1.165) is 31.9 Å². The third-order valence-electron chi connectivity index (χ3n) is 4.58. The Balaban J connectivity index is 1.58. The molecule has 102 valence electrons. The van der Waals surface area contributed by atoms with Crippen molar-refractivity contribution in [1.82, 2.24) is 4.90 Å². The minimum Gasteiger partial charge on any atom is -0.399 e. The number of carbonyl (C=O) groups excluding carboxylic acids is 1. The summed E-state index contributed by atoms with van der Waals surface area (Å²) in [6.45, 7) is 5.73. The molecule has 2 aliphatic rings. The molecule has 2 heterocycles. The van der Waals surface area contributed by atoms with Crippen LogP contribution in [0.2, 0.25) is 0 Å². The number of hydrogen-bond donors (Lipinski definition) is 1. The van der Waals surface area contributed by atoms with Gasteiger partial charge >= 0.3 is 0 Å². The first kappa shape index (κ1) is 12.3. The fourth-order valence-electron chi connectivity index (χ4n) is 3.23. The van der Waals surface area contributed by atoms with Crippen molar-refractivity contribution in [2.75, 3.05) is 36.8 Å². The van der Waals surface area contributed by atoms with Crippen molar-refractivity contribution in [2.24, 2.45) is 5.41 Å². The van der Waals surface area contributed by atoms with E-state index in [1.54, 1.807) is 6.92 Å². The van der Waals surface area contributed by atoms with Gasteiger partial charge in [0, 0.05) is 49.9 Å². The van der Waals surface area contributed by atoms with E-state index in [1.165, 1.54) is 18.5 Å². The van der Waals surface area contributed by atoms with Gasteiger partial charge < -0.3 is 15.5 Å². The highest BCUT2D eigenvalue weighted by Crippen LogP contribution is 2.41. The lowest BCUT2D eigenvalue weighted by Crippen LogP contribution is -2.61. The first-order valence-electron chi connectivity index (χ1n) is 6.94. The highest BCUT2D eigenvalue weighted by atomic mass is 16.2. The van der Waals surface area contributed by atoms with E-state index in [0.29, 0.717) is 5.41 Å². The molecule has 0 bridgehead atoms. The van der Waals surface area contributed by atoms with Crippen LogP contribution in [0.5, 0.6) is 0 Å². The molecule has 0 saturated carbocycles. The van der Waals surface area contributed by atoms with Crippen LogP contribution in [0.3, 0.4) is 0 Å². The smallest absolute Gasteiger partial charge is 0.219 e. The highest BCUT2D eigenvalue weighted by molar-refractivity contribution is 5.74. The lowest BCUT2D eigenvalue weighted by atomic mass is 9.72. The predicted octanol–water partition coefficient (Wildman–Crippen LogP) is 1.72. The second kappa shape index (κ2) is 4.44. The zero-order chi connectivity index (χ0) is 13.5. The second-order valence-corrected chi connectivity index (χ2v) is 5.95. The first-order chi connectivity index (χ1) is 9.08. The summed E-state index contributed by atoms with van der Waals surface area (Å²) < 4.78 is 0. The lowest BCUT2D eigenvalue weighted by molar-refractivity contribution is -0.142. The van der Waals surface area contributed by atoms with Crippen molar-refractivity contribution in [1.29, 1.82) is 0 Å². The first-order valence-corrected chi connectivity index (χ1v) is 6.94. The van der Waals surface area contributed by atoms with Crippen LogP contribution in [-0.2, 0) is 4.79 Å². The maximum atomic E-state index is 11.3. The van der Waals surface area contributed by atoms with Crippen molar-refractivity contribution in [3.63, 3.8) is 0 Å². The van der Waals surface area contributed by atoms with Crippen molar-refractivity contribution in [3.05, 3.63) is 24.3 Å². The number of piperidine rings is 1. The number of amides is 1. The minimum absolute atomic E-state index is 0.214. The number of benzene rings is 1. The van der Waals surface area contributed by atoms with Gasteiger partial charge in [-0.1, -0.05) is 0 Å². The van der Waals surface area contributed by atoms with Gasteiger partial charge in [0.2, 0.25) is 5.91 Å². The van der Waals surface area contributed by atoms with Gasteiger partial charge in [0.25, 0.3) is 0 Å². The van der Waals surface area contributed by atoms with Crippen molar-refractivity contribution in [3.8, 4) is 0 Å². The van der Waals surface area contributed by atoms with Crippen LogP contribution in [0.25, 0.3) is 0 Å². The molecule has 0 aromatic heterocycles. The van der Waals surface area contributed by atoms with Crippen LogP contribution in [-0.4, -0.2) is 37.0 Å². The molecule has 2 fully saturated rings. The summed E-state index contributed by atoms with van der Waals surface area (Å²) in [5.41, 5.74) is 8.19. The number of hydrogen-bond acceptors (Lipinski definition) is 3. The third-order valence-corrected chi connectivity index (χ3v) is 4.58. The standard InChI is InChI=1S/C15H21N3O/c1-12(19)18-10-15(11-18)6-8-17(9-7-15)14-4-2-13(16)3-5-14/h2-5H,6-11,16H2,1H3. The van der Waals surface area contributed by atoms with Crippen molar-refractivity contribution >= 4 is 17.3 Å². The molecule has 3 rings (SSSR count). The van der Waals surface area contributed by atoms with E-state index in [2.05, 4.69) is 17.0 Å². The number of nitrogen functional groups attached to an aromatic ring is 1. The Morgan fingerprint density at radius 3 is 2.26 bits per heavy atom. The fraction of sp³-hybridized carbons (Fsp3) is 0.533. The Kier molecular flexibility index (Phi) is 2.88. The van der Waals surface area contributed by atoms with Gasteiger partial charge in [0.15, 0.2) is 0 Å². The van der Waals surface area contributed by atoms with E-state index in [1.807, 2.05) is 17.0 Å². The normalized spacial score (nSPS) is 21.3. The van der Waals surface area contributed by atoms with Gasteiger partial charge in [0.05, 0.1) is 0 Å². The van der Waals surface area contributed by atoms with Crippen LogP contribution in [0.4, 0.5) is 11.4 Å². The zero-order valence-electron chi connectivity index (χ0n) is 11.4. The third kappa shape index (κ3) is 2.27. The number of nitrogens with two attached hydrogens (primary N) is 1. The van der Waals surface area contributed by atoms with Crippen LogP contribution in [0.1, 0.15) is 19.8 Å². The number of rotatable bonds is 1.